The van der Waals surface area contributed by atoms with Crippen LogP contribution in [0.25, 0.3) is 0 Å². The Morgan fingerprint density at radius 1 is 1.40 bits per heavy atom. The fourth-order valence-corrected chi connectivity index (χ4v) is 3.05. The van der Waals surface area contributed by atoms with Gasteiger partial charge in [-0.2, -0.15) is 0 Å². The predicted octanol–water partition coefficient (Wildman–Crippen LogP) is 2.74. The van der Waals surface area contributed by atoms with Crippen molar-refractivity contribution in [2.75, 3.05) is 25.5 Å². The zero-order chi connectivity index (χ0) is 14.4. The minimum atomic E-state index is 0.0622. The fourth-order valence-electron chi connectivity index (χ4n) is 2.88. The Kier molecular flexibility index (Phi) is 5.86. The van der Waals surface area contributed by atoms with Crippen LogP contribution in [0.1, 0.15) is 25.3 Å². The van der Waals surface area contributed by atoms with Gasteiger partial charge in [-0.25, -0.2) is 0 Å². The number of alkyl halides is 1. The second-order valence-corrected chi connectivity index (χ2v) is 5.59. The first-order valence-electron chi connectivity index (χ1n) is 7.36. The molecular formula is C16H23ClN2O. The Morgan fingerprint density at radius 2 is 2.15 bits per heavy atom. The average Bonchev–Trinajstić information content (AvgIpc) is 2.53. The lowest BCUT2D eigenvalue weighted by Gasteiger charge is -2.39. The zero-order valence-corrected chi connectivity index (χ0v) is 12.9. The van der Waals surface area contributed by atoms with Gasteiger partial charge in [0.1, 0.15) is 5.88 Å². The summed E-state index contributed by atoms with van der Waals surface area (Å²) in [5.74, 6) is 0.157. The Balaban J connectivity index is 1.98. The van der Waals surface area contributed by atoms with Gasteiger partial charge in [0.2, 0.25) is 5.91 Å². The molecule has 1 atom stereocenters. The van der Waals surface area contributed by atoms with Crippen molar-refractivity contribution in [3.05, 3.63) is 35.9 Å². The third-order valence-corrected chi connectivity index (χ3v) is 4.24. The Labute approximate surface area is 126 Å². The van der Waals surface area contributed by atoms with Gasteiger partial charge in [-0.15, -0.1) is 11.6 Å². The van der Waals surface area contributed by atoms with E-state index >= 15 is 0 Å². The van der Waals surface area contributed by atoms with Crippen LogP contribution in [0.15, 0.2) is 30.3 Å². The molecule has 1 fully saturated rings. The summed E-state index contributed by atoms with van der Waals surface area (Å²) < 4.78 is 0. The molecule has 1 saturated heterocycles. The van der Waals surface area contributed by atoms with E-state index in [-0.39, 0.29) is 11.8 Å². The lowest BCUT2D eigenvalue weighted by molar-refractivity contribution is -0.130. The SMILES string of the molecule is CCN(Cc1ccccc1)C1CCCN(C(=O)CCl)C1. The molecule has 20 heavy (non-hydrogen) atoms. The molecule has 4 heteroatoms. The van der Waals surface area contributed by atoms with Crippen LogP contribution in [0.3, 0.4) is 0 Å². The first-order chi connectivity index (χ1) is 9.74. The summed E-state index contributed by atoms with van der Waals surface area (Å²) in [4.78, 5) is 16.1. The number of likely N-dealkylation sites (tertiary alicyclic amines) is 1. The van der Waals surface area contributed by atoms with Crippen molar-refractivity contribution >= 4 is 17.5 Å². The zero-order valence-electron chi connectivity index (χ0n) is 12.1. The van der Waals surface area contributed by atoms with Crippen LogP contribution in [-0.4, -0.2) is 47.3 Å². The van der Waals surface area contributed by atoms with E-state index in [0.29, 0.717) is 6.04 Å². The minimum absolute atomic E-state index is 0.0622. The number of hydrogen-bond acceptors (Lipinski definition) is 2. The standard InChI is InChI=1S/C16H23ClN2O/c1-2-18(12-14-7-4-3-5-8-14)15-9-6-10-19(13-15)16(20)11-17/h3-5,7-8,15H,2,6,9-13H2,1H3. The normalized spacial score (nSPS) is 19.4. The molecule has 1 unspecified atom stereocenters. The van der Waals surface area contributed by atoms with Crippen LogP contribution in [-0.2, 0) is 11.3 Å². The molecule has 1 amide bonds. The van der Waals surface area contributed by atoms with Crippen molar-refractivity contribution in [3.63, 3.8) is 0 Å². The number of piperidine rings is 1. The Hall–Kier alpha value is -1.06. The van der Waals surface area contributed by atoms with Crippen LogP contribution in [0, 0.1) is 0 Å². The predicted molar refractivity (Wildman–Crippen MR) is 82.8 cm³/mol. The maximum absolute atomic E-state index is 11.8. The molecule has 1 aromatic carbocycles. The molecule has 0 bridgehead atoms. The fraction of sp³-hybridized carbons (Fsp3) is 0.562. The van der Waals surface area contributed by atoms with E-state index in [1.165, 1.54) is 5.56 Å². The first kappa shape index (κ1) is 15.3. The van der Waals surface area contributed by atoms with Crippen LogP contribution in [0.2, 0.25) is 0 Å². The van der Waals surface area contributed by atoms with Gasteiger partial charge in [-0.1, -0.05) is 37.3 Å². The van der Waals surface area contributed by atoms with Crippen LogP contribution < -0.4 is 0 Å². The highest BCUT2D eigenvalue weighted by molar-refractivity contribution is 6.27. The monoisotopic (exact) mass is 294 g/mol. The maximum Gasteiger partial charge on any atom is 0.237 e. The highest BCUT2D eigenvalue weighted by atomic mass is 35.5. The molecule has 0 spiro atoms. The molecule has 3 nitrogen and oxygen atoms in total. The number of amides is 1. The lowest BCUT2D eigenvalue weighted by atomic mass is 10.0. The molecule has 1 heterocycles. The molecule has 0 aliphatic carbocycles. The summed E-state index contributed by atoms with van der Waals surface area (Å²) in [5, 5.41) is 0. The maximum atomic E-state index is 11.8. The topological polar surface area (TPSA) is 23.6 Å². The van der Waals surface area contributed by atoms with Crippen molar-refractivity contribution in [2.24, 2.45) is 0 Å². The molecule has 1 aromatic rings. The minimum Gasteiger partial charge on any atom is -0.340 e. The van der Waals surface area contributed by atoms with Gasteiger partial charge < -0.3 is 4.90 Å². The molecular weight excluding hydrogens is 272 g/mol. The van der Waals surface area contributed by atoms with Gasteiger partial charge in [0.15, 0.2) is 0 Å². The number of likely N-dealkylation sites (N-methyl/N-ethyl adjacent to an activating group) is 1. The quantitative estimate of drug-likeness (QED) is 0.780. The van der Waals surface area contributed by atoms with E-state index < -0.39 is 0 Å². The number of carbonyl (C=O) groups excluding carboxylic acids is 1. The van der Waals surface area contributed by atoms with Crippen LogP contribution in [0.4, 0.5) is 0 Å². The summed E-state index contributed by atoms with van der Waals surface area (Å²) in [5.41, 5.74) is 1.33. The molecule has 0 saturated carbocycles. The van der Waals surface area contributed by atoms with Gasteiger partial charge in [0.25, 0.3) is 0 Å². The summed E-state index contributed by atoms with van der Waals surface area (Å²) in [6.45, 7) is 5.80. The Morgan fingerprint density at radius 3 is 2.80 bits per heavy atom. The molecule has 110 valence electrons. The highest BCUT2D eigenvalue weighted by Crippen LogP contribution is 2.18. The van der Waals surface area contributed by atoms with E-state index in [4.69, 9.17) is 11.6 Å². The number of nitrogens with zero attached hydrogens (tertiary/aromatic N) is 2. The highest BCUT2D eigenvalue weighted by Gasteiger charge is 2.26. The van der Waals surface area contributed by atoms with Gasteiger partial charge in [0.05, 0.1) is 0 Å². The smallest absolute Gasteiger partial charge is 0.237 e. The summed E-state index contributed by atoms with van der Waals surface area (Å²) in [6, 6.07) is 11.0. The van der Waals surface area contributed by atoms with E-state index in [9.17, 15) is 4.79 Å². The van der Waals surface area contributed by atoms with Crippen molar-refractivity contribution in [1.82, 2.24) is 9.80 Å². The van der Waals surface area contributed by atoms with E-state index in [0.717, 1.165) is 39.0 Å². The van der Waals surface area contributed by atoms with Crippen LogP contribution >= 0.6 is 11.6 Å². The number of halogens is 1. The third-order valence-electron chi connectivity index (χ3n) is 4.01. The molecule has 0 aromatic heterocycles. The molecule has 2 rings (SSSR count). The summed E-state index contributed by atoms with van der Waals surface area (Å²) in [6.07, 6.45) is 2.23. The first-order valence-corrected chi connectivity index (χ1v) is 7.89. The van der Waals surface area contributed by atoms with Crippen molar-refractivity contribution in [3.8, 4) is 0 Å². The second kappa shape index (κ2) is 7.65. The molecule has 0 radical (unpaired) electrons. The third kappa shape index (κ3) is 3.97. The summed E-state index contributed by atoms with van der Waals surface area (Å²) in [7, 11) is 0. The number of carbonyl (C=O) groups is 1. The van der Waals surface area contributed by atoms with E-state index in [2.05, 4.69) is 36.1 Å². The second-order valence-electron chi connectivity index (χ2n) is 5.32. The number of benzene rings is 1. The average molecular weight is 295 g/mol. The largest absolute Gasteiger partial charge is 0.340 e. The molecule has 1 aliphatic rings. The van der Waals surface area contributed by atoms with E-state index in [1.807, 2.05) is 11.0 Å². The van der Waals surface area contributed by atoms with Gasteiger partial charge in [0, 0.05) is 25.7 Å². The van der Waals surface area contributed by atoms with E-state index in [1.54, 1.807) is 0 Å². The number of rotatable bonds is 5. The van der Waals surface area contributed by atoms with Crippen molar-refractivity contribution in [2.45, 2.75) is 32.4 Å². The van der Waals surface area contributed by atoms with Gasteiger partial charge >= 0.3 is 0 Å². The lowest BCUT2D eigenvalue weighted by Crippen LogP contribution is -2.49. The Bertz CT molecular complexity index is 424. The molecule has 1 aliphatic heterocycles. The summed E-state index contributed by atoms with van der Waals surface area (Å²) >= 11 is 5.67. The van der Waals surface area contributed by atoms with Gasteiger partial charge in [-0.3, -0.25) is 9.69 Å². The van der Waals surface area contributed by atoms with Crippen molar-refractivity contribution < 1.29 is 4.79 Å². The number of hydrogen-bond donors (Lipinski definition) is 0. The van der Waals surface area contributed by atoms with Gasteiger partial charge in [-0.05, 0) is 24.9 Å². The molecule has 0 N–H and O–H groups in total. The van der Waals surface area contributed by atoms with Crippen LogP contribution in [0.5, 0.6) is 0 Å². The van der Waals surface area contributed by atoms with Crippen molar-refractivity contribution in [1.29, 1.82) is 0 Å².